The van der Waals surface area contributed by atoms with Gasteiger partial charge in [-0.3, -0.25) is 9.36 Å². The summed E-state index contributed by atoms with van der Waals surface area (Å²) in [5.74, 6) is -3.37. The van der Waals surface area contributed by atoms with Gasteiger partial charge in [-0.1, -0.05) is 31.0 Å². The number of rotatable bonds is 13. The number of carbonyl (C=O) groups excluding carboxylic acids is 1. The number of aromatic nitrogens is 3. The second-order valence-electron chi connectivity index (χ2n) is 12.4. The molecule has 46 heavy (non-hydrogen) atoms. The number of unbranched alkanes of at least 4 members (excludes halogenated alkanes) is 4. The molecule has 12 heteroatoms. The molecule has 0 amide bonds. The third-order valence-corrected chi connectivity index (χ3v) is 10.5. The van der Waals surface area contributed by atoms with Crippen LogP contribution in [-0.4, -0.2) is 45.4 Å². The van der Waals surface area contributed by atoms with Crippen LogP contribution in [0.15, 0.2) is 35.4 Å². The zero-order chi connectivity index (χ0) is 32.7. The van der Waals surface area contributed by atoms with E-state index in [1.807, 2.05) is 0 Å². The highest BCUT2D eigenvalue weighted by atomic mass is 32.2. The Balaban J connectivity index is 1.52. The number of pyridine rings is 1. The molecule has 0 spiro atoms. The standard InChI is InChI=1S/C34H41F3N6O2S/c1-23(25-8-7-9-27(29(25)35)34(36,37)24-10-14-39-15-11-24)42-30-26-20-28(33(21-38)12-18-46-19-13-33)32(45)43(31(26)41-22-40-30)16-5-3-2-4-6-17-44/h7-9,17,20,22-24,39H,2-6,10-16,18-19H2,1H3,(H,40,41,42)/t23-/m1/s1. The predicted molar refractivity (Wildman–Crippen MR) is 175 cm³/mol. The molecule has 1 aromatic carbocycles. The molecule has 5 rings (SSSR count). The number of benzene rings is 1. The van der Waals surface area contributed by atoms with E-state index in [4.69, 9.17) is 0 Å². The van der Waals surface area contributed by atoms with E-state index in [1.165, 1.54) is 24.5 Å². The summed E-state index contributed by atoms with van der Waals surface area (Å²) in [4.78, 5) is 33.6. The fourth-order valence-corrected chi connectivity index (χ4v) is 7.88. The van der Waals surface area contributed by atoms with Crippen molar-refractivity contribution in [3.05, 3.63) is 63.5 Å². The quantitative estimate of drug-likeness (QED) is 0.156. The van der Waals surface area contributed by atoms with Crippen LogP contribution in [0.2, 0.25) is 0 Å². The number of hydrogen-bond donors (Lipinski definition) is 2. The van der Waals surface area contributed by atoms with Gasteiger partial charge in [0, 0.05) is 30.0 Å². The maximum Gasteiger partial charge on any atom is 0.278 e. The van der Waals surface area contributed by atoms with Crippen LogP contribution in [0, 0.1) is 23.1 Å². The number of aryl methyl sites for hydroxylation is 1. The highest BCUT2D eigenvalue weighted by molar-refractivity contribution is 7.99. The number of anilines is 1. The fraction of sp³-hybridized carbons (Fsp3) is 0.559. The number of carbonyl (C=O) groups is 1. The lowest BCUT2D eigenvalue weighted by molar-refractivity contribution is -0.107. The van der Waals surface area contributed by atoms with Crippen molar-refractivity contribution >= 4 is 34.9 Å². The topological polar surface area (TPSA) is 113 Å². The van der Waals surface area contributed by atoms with Gasteiger partial charge in [0.2, 0.25) is 0 Å². The molecular formula is C34H41F3N6O2S. The van der Waals surface area contributed by atoms with Gasteiger partial charge in [-0.05, 0) is 76.1 Å². The third kappa shape index (κ3) is 6.95. The molecule has 2 N–H and O–H groups in total. The van der Waals surface area contributed by atoms with E-state index in [1.54, 1.807) is 29.3 Å². The van der Waals surface area contributed by atoms with Gasteiger partial charge in [0.1, 0.15) is 29.9 Å². The van der Waals surface area contributed by atoms with Crippen LogP contribution in [-0.2, 0) is 22.7 Å². The van der Waals surface area contributed by atoms with Crippen LogP contribution in [0.1, 0.15) is 87.4 Å². The molecule has 2 saturated heterocycles. The van der Waals surface area contributed by atoms with Gasteiger partial charge in [0.25, 0.3) is 11.5 Å². The van der Waals surface area contributed by atoms with E-state index < -0.39 is 34.7 Å². The zero-order valence-electron chi connectivity index (χ0n) is 26.2. The van der Waals surface area contributed by atoms with Gasteiger partial charge in [0.05, 0.1) is 28.5 Å². The number of aldehydes is 1. The highest BCUT2D eigenvalue weighted by Crippen LogP contribution is 2.43. The second-order valence-corrected chi connectivity index (χ2v) is 13.6. The van der Waals surface area contributed by atoms with Crippen molar-refractivity contribution in [2.75, 3.05) is 29.9 Å². The fourth-order valence-electron chi connectivity index (χ4n) is 6.69. The maximum absolute atomic E-state index is 15.9. The molecule has 0 unspecified atom stereocenters. The number of fused-ring (bicyclic) bond motifs is 1. The number of hydrogen-bond acceptors (Lipinski definition) is 8. The Hall–Kier alpha value is -3.43. The van der Waals surface area contributed by atoms with Crippen molar-refractivity contribution in [3.63, 3.8) is 0 Å². The molecule has 1 atom stereocenters. The molecule has 2 aliphatic rings. The molecule has 4 heterocycles. The van der Waals surface area contributed by atoms with Gasteiger partial charge < -0.3 is 15.4 Å². The van der Waals surface area contributed by atoms with E-state index in [-0.39, 0.29) is 24.0 Å². The molecule has 2 aromatic heterocycles. The number of nitriles is 1. The Morgan fingerprint density at radius 2 is 1.93 bits per heavy atom. The number of alkyl halides is 2. The Morgan fingerprint density at radius 3 is 2.65 bits per heavy atom. The summed E-state index contributed by atoms with van der Waals surface area (Å²) < 4.78 is 48.6. The summed E-state index contributed by atoms with van der Waals surface area (Å²) in [6, 6.07) is 7.52. The van der Waals surface area contributed by atoms with E-state index in [2.05, 4.69) is 26.7 Å². The lowest BCUT2D eigenvalue weighted by Crippen LogP contribution is -2.38. The minimum Gasteiger partial charge on any atom is -0.363 e. The average Bonchev–Trinajstić information content (AvgIpc) is 3.07. The maximum atomic E-state index is 15.9. The molecule has 0 saturated carbocycles. The first-order chi connectivity index (χ1) is 22.2. The normalized spacial score (nSPS) is 17.8. The van der Waals surface area contributed by atoms with Crippen LogP contribution < -0.4 is 16.2 Å². The minimum absolute atomic E-state index is 0.0829. The van der Waals surface area contributed by atoms with Crippen LogP contribution in [0.3, 0.4) is 0 Å². The first kappa shape index (κ1) is 33.9. The molecule has 3 aromatic rings. The van der Waals surface area contributed by atoms with Crippen molar-refractivity contribution in [3.8, 4) is 6.07 Å². The van der Waals surface area contributed by atoms with Crippen molar-refractivity contribution in [1.82, 2.24) is 19.9 Å². The SMILES string of the molecule is C[C@@H](Nc1ncnc2c1cc(C1(C#N)CCSCC1)c(=O)n2CCCCCCC=O)c1cccc(C(F)(F)C2CCNCC2)c1F. The smallest absolute Gasteiger partial charge is 0.278 e. The number of halogens is 3. The summed E-state index contributed by atoms with van der Waals surface area (Å²) in [6.07, 6.45) is 7.47. The molecule has 0 aliphatic carbocycles. The second kappa shape index (κ2) is 15.0. The summed E-state index contributed by atoms with van der Waals surface area (Å²) >= 11 is 1.75. The third-order valence-electron chi connectivity index (χ3n) is 9.47. The molecule has 8 nitrogen and oxygen atoms in total. The Bertz CT molecular complexity index is 1630. The van der Waals surface area contributed by atoms with Gasteiger partial charge in [-0.2, -0.15) is 17.0 Å². The molecule has 246 valence electrons. The van der Waals surface area contributed by atoms with E-state index in [0.717, 1.165) is 37.1 Å². The molecule has 2 aliphatic heterocycles. The Morgan fingerprint density at radius 1 is 1.20 bits per heavy atom. The van der Waals surface area contributed by atoms with Gasteiger partial charge in [0.15, 0.2) is 0 Å². The predicted octanol–water partition coefficient (Wildman–Crippen LogP) is 6.63. The minimum atomic E-state index is -3.31. The first-order valence-electron chi connectivity index (χ1n) is 16.2. The van der Waals surface area contributed by atoms with Crippen molar-refractivity contribution < 1.29 is 18.0 Å². The average molecular weight is 655 g/mol. The van der Waals surface area contributed by atoms with Crippen LogP contribution in [0.4, 0.5) is 19.0 Å². The lowest BCUT2D eigenvalue weighted by Gasteiger charge is -2.31. The number of piperidine rings is 1. The molecule has 2 fully saturated rings. The van der Waals surface area contributed by atoms with Crippen LogP contribution in [0.5, 0.6) is 0 Å². The number of nitrogens with zero attached hydrogens (tertiary/aromatic N) is 4. The lowest BCUT2D eigenvalue weighted by atomic mass is 9.77. The van der Waals surface area contributed by atoms with Gasteiger partial charge in [-0.15, -0.1) is 0 Å². The largest absolute Gasteiger partial charge is 0.363 e. The summed E-state index contributed by atoms with van der Waals surface area (Å²) in [5, 5.41) is 17.2. The van der Waals surface area contributed by atoms with E-state index in [0.29, 0.717) is 67.7 Å². The molecule has 0 radical (unpaired) electrons. The van der Waals surface area contributed by atoms with Crippen LogP contribution in [0.25, 0.3) is 11.0 Å². The van der Waals surface area contributed by atoms with Crippen molar-refractivity contribution in [1.29, 1.82) is 5.26 Å². The zero-order valence-corrected chi connectivity index (χ0v) is 27.0. The summed E-state index contributed by atoms with van der Waals surface area (Å²) in [5.41, 5.74) is -0.958. The first-order valence-corrected chi connectivity index (χ1v) is 17.3. The Labute approximate surface area is 271 Å². The Kier molecular flexibility index (Phi) is 11.1. The molecule has 0 bridgehead atoms. The molecular weight excluding hydrogens is 613 g/mol. The number of nitrogens with one attached hydrogen (secondary N) is 2. The summed E-state index contributed by atoms with van der Waals surface area (Å²) in [7, 11) is 0. The highest BCUT2D eigenvalue weighted by Gasteiger charge is 2.44. The van der Waals surface area contributed by atoms with Crippen molar-refractivity contribution in [2.24, 2.45) is 5.92 Å². The van der Waals surface area contributed by atoms with Crippen molar-refractivity contribution in [2.45, 2.75) is 88.6 Å². The van der Waals surface area contributed by atoms with E-state index >= 15 is 13.2 Å². The van der Waals surface area contributed by atoms with Gasteiger partial charge in [-0.25, -0.2) is 23.1 Å². The van der Waals surface area contributed by atoms with Gasteiger partial charge >= 0.3 is 0 Å². The summed E-state index contributed by atoms with van der Waals surface area (Å²) in [6.45, 7) is 3.00. The monoisotopic (exact) mass is 654 g/mol. The van der Waals surface area contributed by atoms with E-state index in [9.17, 15) is 14.9 Å². The number of thioether (sulfide) groups is 1. The van der Waals surface area contributed by atoms with Crippen LogP contribution >= 0.6 is 11.8 Å².